The molecule has 1 aliphatic rings. The Morgan fingerprint density at radius 1 is 1.17 bits per heavy atom. The zero-order valence-electron chi connectivity index (χ0n) is 13.5. The number of carbonyl (C=O) groups excluding carboxylic acids is 1. The number of aliphatic hydroxyl groups is 1. The first-order valence-corrected chi connectivity index (χ1v) is 9.02. The predicted molar refractivity (Wildman–Crippen MR) is 96.0 cm³/mol. The smallest absolute Gasteiger partial charge is 0.317 e. The maximum absolute atomic E-state index is 12.3. The molecule has 0 bridgehead atoms. The minimum absolute atomic E-state index is 0.0505. The van der Waals surface area contributed by atoms with E-state index >= 15 is 0 Å². The van der Waals surface area contributed by atoms with Crippen LogP contribution in [0.5, 0.6) is 0 Å². The van der Waals surface area contributed by atoms with Crippen molar-refractivity contribution in [3.05, 3.63) is 60.2 Å². The first-order chi connectivity index (χ1) is 11.8. The highest BCUT2D eigenvalue weighted by atomic mass is 32.2. The summed E-state index contributed by atoms with van der Waals surface area (Å²) in [7, 11) is 0. The van der Waals surface area contributed by atoms with E-state index in [2.05, 4.69) is 23.5 Å². The van der Waals surface area contributed by atoms with Gasteiger partial charge in [0.25, 0.3) is 0 Å². The molecular weight excluding hydrogens is 320 g/mol. The summed E-state index contributed by atoms with van der Waals surface area (Å²) in [6, 6.07) is 18.3. The average molecular weight is 342 g/mol. The normalized spacial score (nSPS) is 17.0. The summed E-state index contributed by atoms with van der Waals surface area (Å²) < 4.78 is 0. The minimum Gasteiger partial charge on any atom is -0.396 e. The van der Waals surface area contributed by atoms with Gasteiger partial charge in [-0.2, -0.15) is 0 Å². The van der Waals surface area contributed by atoms with Gasteiger partial charge >= 0.3 is 6.03 Å². The molecule has 24 heavy (non-hydrogen) atoms. The Balaban J connectivity index is 1.60. The Morgan fingerprint density at radius 2 is 1.92 bits per heavy atom. The molecule has 0 saturated carbocycles. The topological polar surface area (TPSA) is 52.6 Å². The fourth-order valence-corrected chi connectivity index (χ4v) is 3.78. The molecule has 0 radical (unpaired) electrons. The number of urea groups is 1. The molecule has 2 aromatic carbocycles. The van der Waals surface area contributed by atoms with Crippen LogP contribution in [0.2, 0.25) is 0 Å². The van der Waals surface area contributed by atoms with Crippen molar-refractivity contribution in [1.82, 2.24) is 10.2 Å². The van der Waals surface area contributed by atoms with Crippen LogP contribution in [0, 0.1) is 5.92 Å². The van der Waals surface area contributed by atoms with E-state index in [1.807, 2.05) is 36.4 Å². The van der Waals surface area contributed by atoms with Crippen LogP contribution in [0.4, 0.5) is 4.79 Å². The van der Waals surface area contributed by atoms with Crippen LogP contribution in [0.1, 0.15) is 12.0 Å². The number of hydrogen-bond acceptors (Lipinski definition) is 3. The second-order valence-electron chi connectivity index (χ2n) is 5.96. The van der Waals surface area contributed by atoms with Gasteiger partial charge in [0.05, 0.1) is 0 Å². The Kier molecular flexibility index (Phi) is 5.77. The number of hydrogen-bond donors (Lipinski definition) is 2. The molecule has 5 heteroatoms. The summed E-state index contributed by atoms with van der Waals surface area (Å²) >= 11 is 1.70. The van der Waals surface area contributed by atoms with Gasteiger partial charge in [0.2, 0.25) is 0 Å². The van der Waals surface area contributed by atoms with Crippen molar-refractivity contribution in [3.63, 3.8) is 0 Å². The van der Waals surface area contributed by atoms with Crippen LogP contribution < -0.4 is 5.32 Å². The van der Waals surface area contributed by atoms with Crippen molar-refractivity contribution in [3.8, 4) is 0 Å². The summed E-state index contributed by atoms with van der Waals surface area (Å²) in [5.74, 6) is 0.219. The Bertz CT molecular complexity index is 678. The third kappa shape index (κ3) is 4.30. The molecule has 1 saturated heterocycles. The summed E-state index contributed by atoms with van der Waals surface area (Å²) in [5.41, 5.74) is 1.11. The molecule has 0 aromatic heterocycles. The summed E-state index contributed by atoms with van der Waals surface area (Å²) in [6.45, 7) is 2.02. The molecule has 1 aliphatic heterocycles. The highest BCUT2D eigenvalue weighted by molar-refractivity contribution is 7.99. The van der Waals surface area contributed by atoms with Crippen molar-refractivity contribution in [2.24, 2.45) is 5.92 Å². The molecule has 3 rings (SSSR count). The molecule has 1 heterocycles. The highest BCUT2D eigenvalue weighted by Crippen LogP contribution is 2.30. The fraction of sp³-hybridized carbons (Fsp3) is 0.316. The summed E-state index contributed by atoms with van der Waals surface area (Å²) in [6.07, 6.45) is 0.879. The van der Waals surface area contributed by atoms with Gasteiger partial charge in [-0.05, 0) is 30.2 Å². The van der Waals surface area contributed by atoms with Crippen molar-refractivity contribution < 1.29 is 9.90 Å². The van der Waals surface area contributed by atoms with Crippen molar-refractivity contribution in [1.29, 1.82) is 0 Å². The van der Waals surface area contributed by atoms with Gasteiger partial charge in [-0.25, -0.2) is 4.79 Å². The van der Waals surface area contributed by atoms with Gasteiger partial charge in [0.15, 0.2) is 0 Å². The largest absolute Gasteiger partial charge is 0.396 e. The van der Waals surface area contributed by atoms with E-state index in [0.717, 1.165) is 23.4 Å². The van der Waals surface area contributed by atoms with Gasteiger partial charge in [-0.1, -0.05) is 48.2 Å². The number of rotatable bonds is 5. The highest BCUT2D eigenvalue weighted by Gasteiger charge is 2.25. The molecule has 1 atom stereocenters. The molecule has 2 aromatic rings. The van der Waals surface area contributed by atoms with Crippen LogP contribution >= 0.6 is 11.8 Å². The lowest BCUT2D eigenvalue weighted by atomic mass is 10.1. The molecule has 0 aliphatic carbocycles. The van der Waals surface area contributed by atoms with Crippen LogP contribution in [0.25, 0.3) is 0 Å². The molecular formula is C19H22N2O2S. The van der Waals surface area contributed by atoms with Crippen LogP contribution in [-0.2, 0) is 6.54 Å². The average Bonchev–Trinajstić information content (AvgIpc) is 3.11. The monoisotopic (exact) mass is 342 g/mol. The van der Waals surface area contributed by atoms with Crippen LogP contribution in [-0.4, -0.2) is 35.7 Å². The van der Waals surface area contributed by atoms with Gasteiger partial charge < -0.3 is 15.3 Å². The van der Waals surface area contributed by atoms with E-state index in [-0.39, 0.29) is 18.6 Å². The number of aliphatic hydroxyl groups excluding tert-OH is 1. The van der Waals surface area contributed by atoms with E-state index in [9.17, 15) is 9.90 Å². The number of nitrogens with zero attached hydrogens (tertiary/aromatic N) is 1. The van der Waals surface area contributed by atoms with Gasteiger partial charge in [0.1, 0.15) is 0 Å². The number of carbonyl (C=O) groups is 1. The van der Waals surface area contributed by atoms with Crippen molar-refractivity contribution >= 4 is 17.8 Å². The molecule has 1 unspecified atom stereocenters. The van der Waals surface area contributed by atoms with Crippen LogP contribution in [0.3, 0.4) is 0 Å². The number of nitrogens with one attached hydrogen (secondary N) is 1. The summed E-state index contributed by atoms with van der Waals surface area (Å²) in [5, 5.41) is 12.2. The Labute approximate surface area is 146 Å². The molecule has 2 amide bonds. The lowest BCUT2D eigenvalue weighted by Crippen LogP contribution is -2.38. The lowest BCUT2D eigenvalue weighted by Gasteiger charge is -2.18. The standard InChI is InChI=1S/C19H22N2O2S/c22-14-15-10-11-21(13-15)19(23)20-12-16-6-4-5-9-18(16)24-17-7-2-1-3-8-17/h1-9,15,22H,10-14H2,(H,20,23). The van der Waals surface area contributed by atoms with Crippen LogP contribution in [0.15, 0.2) is 64.4 Å². The summed E-state index contributed by atoms with van der Waals surface area (Å²) in [4.78, 5) is 16.4. The zero-order valence-corrected chi connectivity index (χ0v) is 14.3. The molecule has 126 valence electrons. The molecule has 0 spiro atoms. The van der Waals surface area contributed by atoms with E-state index in [1.54, 1.807) is 16.7 Å². The second kappa shape index (κ2) is 8.22. The first kappa shape index (κ1) is 16.9. The Morgan fingerprint density at radius 3 is 2.67 bits per heavy atom. The van der Waals surface area contributed by atoms with E-state index in [0.29, 0.717) is 13.1 Å². The predicted octanol–water partition coefficient (Wildman–Crippen LogP) is 3.36. The third-order valence-corrected chi connectivity index (χ3v) is 5.33. The minimum atomic E-state index is -0.0505. The van der Waals surface area contributed by atoms with Gasteiger partial charge in [0, 0.05) is 42.0 Å². The molecule has 1 fully saturated rings. The van der Waals surface area contributed by atoms with E-state index in [4.69, 9.17) is 0 Å². The van der Waals surface area contributed by atoms with Gasteiger partial charge in [-0.15, -0.1) is 0 Å². The first-order valence-electron chi connectivity index (χ1n) is 8.20. The third-order valence-electron chi connectivity index (χ3n) is 4.20. The van der Waals surface area contributed by atoms with Gasteiger partial charge in [-0.3, -0.25) is 0 Å². The Hall–Kier alpha value is -1.98. The number of benzene rings is 2. The number of amides is 2. The van der Waals surface area contributed by atoms with Crippen molar-refractivity contribution in [2.75, 3.05) is 19.7 Å². The van der Waals surface area contributed by atoms with E-state index < -0.39 is 0 Å². The second-order valence-corrected chi connectivity index (χ2v) is 7.08. The maximum Gasteiger partial charge on any atom is 0.317 e. The lowest BCUT2D eigenvalue weighted by molar-refractivity contribution is 0.198. The SMILES string of the molecule is O=C(NCc1ccccc1Sc1ccccc1)N1CCC(CO)C1. The number of likely N-dealkylation sites (tertiary alicyclic amines) is 1. The molecule has 2 N–H and O–H groups in total. The maximum atomic E-state index is 12.3. The zero-order chi connectivity index (χ0) is 16.8. The van der Waals surface area contributed by atoms with E-state index in [1.165, 1.54) is 4.90 Å². The quantitative estimate of drug-likeness (QED) is 0.876. The molecule has 4 nitrogen and oxygen atoms in total. The van der Waals surface area contributed by atoms with Crippen molar-refractivity contribution in [2.45, 2.75) is 22.8 Å². The fourth-order valence-electron chi connectivity index (χ4n) is 2.81.